The predicted octanol–water partition coefficient (Wildman–Crippen LogP) is 1.62. The van der Waals surface area contributed by atoms with Gasteiger partial charge >= 0.3 is 18.1 Å². The molecule has 0 aromatic heterocycles. The molecule has 1 aromatic rings. The third-order valence-electron chi connectivity index (χ3n) is 4.45. The lowest BCUT2D eigenvalue weighted by Gasteiger charge is -2.36. The van der Waals surface area contributed by atoms with Gasteiger partial charge in [-0.2, -0.15) is 13.2 Å². The molecule has 0 unspecified atom stereocenters. The summed E-state index contributed by atoms with van der Waals surface area (Å²) in [6.45, 7) is 7.31. The summed E-state index contributed by atoms with van der Waals surface area (Å²) < 4.78 is 31.7. The molecule has 33 heavy (non-hydrogen) atoms. The molecule has 1 aromatic carbocycles. The lowest BCUT2D eigenvalue weighted by molar-refractivity contribution is -0.192. The number of rotatable bonds is 7. The molecular weight excluding hydrogens is 449 g/mol. The van der Waals surface area contributed by atoms with Gasteiger partial charge in [0, 0.05) is 39.6 Å². The molecule has 1 fully saturated rings. The summed E-state index contributed by atoms with van der Waals surface area (Å²) in [5, 5.41) is 21.9. The third kappa shape index (κ3) is 9.76. The first-order valence-electron chi connectivity index (χ1n) is 10.0. The third-order valence-corrected chi connectivity index (χ3v) is 4.45. The summed E-state index contributed by atoms with van der Waals surface area (Å²) in [6.07, 6.45) is -4.17. The Kier molecular flexibility index (Phi) is 10.6. The number of hydrogen-bond acceptors (Lipinski definition) is 6. The number of anilines is 2. The van der Waals surface area contributed by atoms with E-state index in [1.54, 1.807) is 6.07 Å². The Morgan fingerprint density at radius 3 is 2.09 bits per heavy atom. The molecule has 0 spiro atoms. The van der Waals surface area contributed by atoms with Crippen LogP contribution in [0, 0.1) is 0 Å². The molecule has 0 saturated carbocycles. The number of hydrogen-bond donors (Lipinski definition) is 4. The highest BCUT2D eigenvalue weighted by atomic mass is 19.4. The van der Waals surface area contributed by atoms with Crippen LogP contribution < -0.4 is 15.5 Å². The minimum atomic E-state index is -5.08. The maximum Gasteiger partial charge on any atom is 0.490 e. The number of carbonyl (C=O) groups is 4. The van der Waals surface area contributed by atoms with Crippen LogP contribution in [-0.4, -0.2) is 84.3 Å². The van der Waals surface area contributed by atoms with Crippen LogP contribution in [0.15, 0.2) is 18.2 Å². The largest absolute Gasteiger partial charge is 0.490 e. The molecule has 1 aliphatic heterocycles. The van der Waals surface area contributed by atoms with Crippen molar-refractivity contribution in [2.75, 3.05) is 49.5 Å². The van der Waals surface area contributed by atoms with Crippen LogP contribution in [0.3, 0.4) is 0 Å². The number of nitrogens with one attached hydrogen (secondary N) is 2. The maximum absolute atomic E-state index is 11.8. The van der Waals surface area contributed by atoms with Gasteiger partial charge in [-0.15, -0.1) is 0 Å². The minimum absolute atomic E-state index is 0.0325. The molecule has 0 atom stereocenters. The molecule has 1 heterocycles. The Morgan fingerprint density at radius 2 is 1.64 bits per heavy atom. The van der Waals surface area contributed by atoms with Gasteiger partial charge in [-0.3, -0.25) is 14.5 Å². The van der Waals surface area contributed by atoms with Crippen LogP contribution in [0.2, 0.25) is 0 Å². The van der Waals surface area contributed by atoms with Gasteiger partial charge in [-0.25, -0.2) is 9.59 Å². The Balaban J connectivity index is 0.000000675. The second kappa shape index (κ2) is 12.6. The number of nitrogens with zero attached hydrogens (tertiary/aromatic N) is 2. The van der Waals surface area contributed by atoms with Gasteiger partial charge in [-0.05, 0) is 24.6 Å². The fourth-order valence-electron chi connectivity index (χ4n) is 2.90. The number of aromatic carboxylic acids is 1. The molecule has 2 rings (SSSR count). The Labute approximate surface area is 188 Å². The van der Waals surface area contributed by atoms with Crippen molar-refractivity contribution in [1.29, 1.82) is 0 Å². The highest BCUT2D eigenvalue weighted by Crippen LogP contribution is 2.28. The summed E-state index contributed by atoms with van der Waals surface area (Å²) in [6, 6.07) is 4.73. The van der Waals surface area contributed by atoms with Crippen LogP contribution in [-0.2, 0) is 14.4 Å². The van der Waals surface area contributed by atoms with Gasteiger partial charge in [0.2, 0.25) is 11.8 Å². The molecule has 0 radical (unpaired) electrons. The number of amides is 2. The number of carboxylic acids is 2. The first-order chi connectivity index (χ1) is 15.3. The van der Waals surface area contributed by atoms with E-state index < -0.39 is 18.1 Å². The summed E-state index contributed by atoms with van der Waals surface area (Å²) in [7, 11) is 0. The summed E-state index contributed by atoms with van der Waals surface area (Å²) >= 11 is 0. The van der Waals surface area contributed by atoms with E-state index in [1.165, 1.54) is 19.1 Å². The van der Waals surface area contributed by atoms with Gasteiger partial charge < -0.3 is 25.7 Å². The van der Waals surface area contributed by atoms with Gasteiger partial charge in [0.1, 0.15) is 0 Å². The number of piperazine rings is 1. The topological polar surface area (TPSA) is 139 Å². The molecule has 4 N–H and O–H groups in total. The van der Waals surface area contributed by atoms with Crippen molar-refractivity contribution in [3.8, 4) is 0 Å². The average Bonchev–Trinajstić information content (AvgIpc) is 2.72. The van der Waals surface area contributed by atoms with E-state index in [4.69, 9.17) is 15.0 Å². The van der Waals surface area contributed by atoms with Crippen LogP contribution in [0.1, 0.15) is 30.6 Å². The summed E-state index contributed by atoms with van der Waals surface area (Å²) in [5.74, 6) is -4.01. The van der Waals surface area contributed by atoms with E-state index >= 15 is 0 Å². The zero-order valence-corrected chi connectivity index (χ0v) is 18.2. The average molecular weight is 476 g/mol. The molecule has 0 bridgehead atoms. The van der Waals surface area contributed by atoms with Crippen molar-refractivity contribution in [2.45, 2.75) is 26.4 Å². The molecule has 184 valence electrons. The van der Waals surface area contributed by atoms with Crippen molar-refractivity contribution in [1.82, 2.24) is 10.2 Å². The fourth-order valence-corrected chi connectivity index (χ4v) is 2.90. The van der Waals surface area contributed by atoms with E-state index in [-0.39, 0.29) is 17.4 Å². The molecule has 1 aliphatic rings. The molecule has 0 aliphatic carbocycles. The Morgan fingerprint density at radius 1 is 1.06 bits per heavy atom. The van der Waals surface area contributed by atoms with E-state index in [0.717, 1.165) is 25.2 Å². The van der Waals surface area contributed by atoms with E-state index in [1.807, 2.05) is 6.92 Å². The maximum atomic E-state index is 11.8. The van der Waals surface area contributed by atoms with Crippen LogP contribution in [0.25, 0.3) is 0 Å². The van der Waals surface area contributed by atoms with Gasteiger partial charge in [0.15, 0.2) is 0 Å². The smallest absolute Gasteiger partial charge is 0.478 e. The van der Waals surface area contributed by atoms with Crippen LogP contribution >= 0.6 is 0 Å². The standard InChI is InChI=1S/C18H26N4O4.C2HF3O2/c1-3-6-19-17(24)12-21-7-9-22(10-8-21)16-5-4-14(18(25)26)11-15(16)20-13(2)23;3-2(4,5)1(6)7/h4-5,11H,3,6-10,12H2,1-2H3,(H,19,24)(H,20,23)(H,25,26);(H,6,7). The Bertz CT molecular complexity index is 855. The lowest BCUT2D eigenvalue weighted by Crippen LogP contribution is -2.49. The van der Waals surface area contributed by atoms with Crippen molar-refractivity contribution in [3.05, 3.63) is 23.8 Å². The van der Waals surface area contributed by atoms with Crippen LogP contribution in [0.5, 0.6) is 0 Å². The fraction of sp³-hybridized carbons (Fsp3) is 0.500. The van der Waals surface area contributed by atoms with Crippen molar-refractivity contribution < 1.29 is 42.6 Å². The number of alkyl halides is 3. The molecule has 10 nitrogen and oxygen atoms in total. The predicted molar refractivity (Wildman–Crippen MR) is 113 cm³/mol. The van der Waals surface area contributed by atoms with Gasteiger partial charge in [0.25, 0.3) is 0 Å². The zero-order chi connectivity index (χ0) is 25.2. The first kappa shape index (κ1) is 27.7. The van der Waals surface area contributed by atoms with Gasteiger partial charge in [0.05, 0.1) is 23.5 Å². The lowest BCUT2D eigenvalue weighted by atomic mass is 10.1. The number of carboxylic acid groups (broad SMARTS) is 2. The number of halogens is 3. The highest BCUT2D eigenvalue weighted by Gasteiger charge is 2.38. The summed E-state index contributed by atoms with van der Waals surface area (Å²) in [4.78, 5) is 47.5. The molecule has 2 amide bonds. The van der Waals surface area contributed by atoms with Crippen molar-refractivity contribution >= 4 is 35.1 Å². The van der Waals surface area contributed by atoms with E-state index in [9.17, 15) is 27.6 Å². The normalized spacial score (nSPS) is 14.0. The van der Waals surface area contributed by atoms with Crippen molar-refractivity contribution in [2.24, 2.45) is 0 Å². The molecular formula is C20H27F3N4O6. The highest BCUT2D eigenvalue weighted by molar-refractivity contribution is 5.96. The van der Waals surface area contributed by atoms with E-state index in [0.29, 0.717) is 31.9 Å². The monoisotopic (exact) mass is 476 g/mol. The number of benzene rings is 1. The number of aliphatic carboxylic acids is 1. The minimum Gasteiger partial charge on any atom is -0.478 e. The Hall–Kier alpha value is -3.35. The first-order valence-corrected chi connectivity index (χ1v) is 10.0. The van der Waals surface area contributed by atoms with E-state index in [2.05, 4.69) is 20.4 Å². The molecule has 13 heteroatoms. The quantitative estimate of drug-likeness (QED) is 0.466. The molecule has 1 saturated heterocycles. The van der Waals surface area contributed by atoms with Gasteiger partial charge in [-0.1, -0.05) is 6.92 Å². The summed E-state index contributed by atoms with van der Waals surface area (Å²) in [5.41, 5.74) is 1.41. The second-order valence-electron chi connectivity index (χ2n) is 7.13. The zero-order valence-electron chi connectivity index (χ0n) is 18.2. The van der Waals surface area contributed by atoms with Crippen molar-refractivity contribution in [3.63, 3.8) is 0 Å². The SMILES string of the molecule is CCCNC(=O)CN1CCN(c2ccc(C(=O)O)cc2NC(C)=O)CC1.O=C(O)C(F)(F)F. The second-order valence-corrected chi connectivity index (χ2v) is 7.13. The van der Waals surface area contributed by atoms with Crippen LogP contribution in [0.4, 0.5) is 24.5 Å². The number of carbonyl (C=O) groups excluding carboxylic acids is 2.